The monoisotopic (exact) mass is 411 g/mol. The summed E-state index contributed by atoms with van der Waals surface area (Å²) in [5, 5.41) is 2.84. The van der Waals surface area contributed by atoms with Crippen LogP contribution in [0.3, 0.4) is 0 Å². The number of anilines is 2. The Hall–Kier alpha value is -3.55. The van der Waals surface area contributed by atoms with E-state index >= 15 is 0 Å². The fraction of sp³-hybridized carbons (Fsp3) is 0.318. The molecular weight excluding hydrogens is 386 g/mol. The van der Waals surface area contributed by atoms with E-state index in [0.717, 1.165) is 0 Å². The molecule has 0 aliphatic carbocycles. The lowest BCUT2D eigenvalue weighted by atomic mass is 10.1. The molecule has 8 nitrogen and oxygen atoms in total. The Morgan fingerprint density at radius 1 is 1.13 bits per heavy atom. The lowest BCUT2D eigenvalue weighted by Crippen LogP contribution is -2.28. The minimum Gasteiger partial charge on any atom is -0.497 e. The number of carbonyl (C=O) groups excluding carboxylic acids is 3. The molecule has 1 aliphatic rings. The minimum atomic E-state index is -0.447. The smallest absolute Gasteiger partial charge is 0.259 e. The van der Waals surface area contributed by atoms with Gasteiger partial charge in [0.2, 0.25) is 11.8 Å². The zero-order chi connectivity index (χ0) is 21.7. The number of hydrogen-bond donors (Lipinski definition) is 1. The van der Waals surface area contributed by atoms with Crippen molar-refractivity contribution in [1.82, 2.24) is 4.90 Å². The minimum absolute atomic E-state index is 0.0526. The lowest BCUT2D eigenvalue weighted by Gasteiger charge is -2.17. The van der Waals surface area contributed by atoms with Gasteiger partial charge in [-0.1, -0.05) is 6.07 Å². The number of nitrogens with zero attached hydrogens (tertiary/aromatic N) is 2. The Labute approximate surface area is 175 Å². The van der Waals surface area contributed by atoms with E-state index in [9.17, 15) is 14.4 Å². The molecule has 30 heavy (non-hydrogen) atoms. The molecule has 3 rings (SSSR count). The first-order valence-electron chi connectivity index (χ1n) is 9.55. The third-order valence-corrected chi connectivity index (χ3v) is 4.84. The standard InChI is InChI=1S/C22H25N3O5/c1-24(2)21(27)14-30-18-9-7-16(8-10-18)23-22(28)15-11-20(26)25(13-15)17-5-4-6-19(12-17)29-3/h4-10,12,15H,11,13-14H2,1-3H3,(H,23,28). The molecule has 3 amide bonds. The number of likely N-dealkylation sites (N-methyl/N-ethyl adjacent to an activating group) is 1. The van der Waals surface area contributed by atoms with Gasteiger partial charge in [-0.2, -0.15) is 0 Å². The highest BCUT2D eigenvalue weighted by atomic mass is 16.5. The van der Waals surface area contributed by atoms with Gasteiger partial charge in [0.25, 0.3) is 5.91 Å². The number of ether oxygens (including phenoxy) is 2. The summed E-state index contributed by atoms with van der Waals surface area (Å²) < 4.78 is 10.6. The summed E-state index contributed by atoms with van der Waals surface area (Å²) in [5.41, 5.74) is 1.31. The van der Waals surface area contributed by atoms with Crippen LogP contribution in [0.25, 0.3) is 0 Å². The van der Waals surface area contributed by atoms with E-state index in [4.69, 9.17) is 9.47 Å². The summed E-state index contributed by atoms with van der Waals surface area (Å²) in [6.45, 7) is 0.259. The van der Waals surface area contributed by atoms with Gasteiger partial charge in [0.05, 0.1) is 13.0 Å². The highest BCUT2D eigenvalue weighted by molar-refractivity contribution is 6.03. The second kappa shape index (κ2) is 9.30. The van der Waals surface area contributed by atoms with E-state index in [0.29, 0.717) is 29.4 Å². The van der Waals surface area contributed by atoms with Crippen LogP contribution in [0.15, 0.2) is 48.5 Å². The second-order valence-electron chi connectivity index (χ2n) is 7.20. The Balaban J connectivity index is 1.57. The zero-order valence-corrected chi connectivity index (χ0v) is 17.3. The molecule has 0 saturated carbocycles. The average Bonchev–Trinajstić information content (AvgIpc) is 3.14. The molecule has 1 unspecified atom stereocenters. The van der Waals surface area contributed by atoms with E-state index in [2.05, 4.69) is 5.32 Å². The SMILES string of the molecule is COc1cccc(N2CC(C(=O)Nc3ccc(OCC(=O)N(C)C)cc3)CC2=O)c1. The van der Waals surface area contributed by atoms with Crippen molar-refractivity contribution in [3.05, 3.63) is 48.5 Å². The fourth-order valence-electron chi connectivity index (χ4n) is 3.06. The predicted octanol–water partition coefficient (Wildman–Crippen LogP) is 2.15. The van der Waals surface area contributed by atoms with Crippen molar-refractivity contribution in [2.24, 2.45) is 5.92 Å². The van der Waals surface area contributed by atoms with E-state index < -0.39 is 5.92 Å². The summed E-state index contributed by atoms with van der Waals surface area (Å²) in [4.78, 5) is 39.7. The van der Waals surface area contributed by atoms with Crippen LogP contribution >= 0.6 is 0 Å². The summed E-state index contributed by atoms with van der Waals surface area (Å²) >= 11 is 0. The maximum atomic E-state index is 12.6. The maximum Gasteiger partial charge on any atom is 0.259 e. The third kappa shape index (κ3) is 5.08. The Morgan fingerprint density at radius 2 is 1.87 bits per heavy atom. The van der Waals surface area contributed by atoms with Crippen LogP contribution < -0.4 is 19.7 Å². The Morgan fingerprint density at radius 3 is 2.53 bits per heavy atom. The molecule has 2 aromatic carbocycles. The van der Waals surface area contributed by atoms with Crippen molar-refractivity contribution in [3.8, 4) is 11.5 Å². The first kappa shape index (κ1) is 21.2. The Kier molecular flexibility index (Phi) is 6.56. The van der Waals surface area contributed by atoms with Crippen LogP contribution in [0.4, 0.5) is 11.4 Å². The van der Waals surface area contributed by atoms with Crippen molar-refractivity contribution >= 4 is 29.1 Å². The molecule has 0 spiro atoms. The van der Waals surface area contributed by atoms with Crippen molar-refractivity contribution in [3.63, 3.8) is 0 Å². The van der Waals surface area contributed by atoms with Crippen molar-refractivity contribution in [1.29, 1.82) is 0 Å². The normalized spacial score (nSPS) is 15.6. The average molecular weight is 411 g/mol. The first-order valence-corrected chi connectivity index (χ1v) is 9.55. The molecule has 1 aliphatic heterocycles. The van der Waals surface area contributed by atoms with Crippen LogP contribution in [0.2, 0.25) is 0 Å². The quantitative estimate of drug-likeness (QED) is 0.754. The molecule has 1 atom stereocenters. The highest BCUT2D eigenvalue weighted by Crippen LogP contribution is 2.28. The molecular formula is C22H25N3O5. The zero-order valence-electron chi connectivity index (χ0n) is 17.3. The Bertz CT molecular complexity index is 927. The first-order chi connectivity index (χ1) is 14.4. The van der Waals surface area contributed by atoms with Gasteiger partial charge in [0, 0.05) is 44.5 Å². The van der Waals surface area contributed by atoms with Gasteiger partial charge < -0.3 is 24.6 Å². The van der Waals surface area contributed by atoms with E-state index in [1.165, 1.54) is 4.90 Å². The molecule has 2 aromatic rings. The topological polar surface area (TPSA) is 88.2 Å². The van der Waals surface area contributed by atoms with Crippen LogP contribution in [0.5, 0.6) is 11.5 Å². The van der Waals surface area contributed by atoms with Crippen LogP contribution in [-0.4, -0.2) is 57.0 Å². The summed E-state index contributed by atoms with van der Waals surface area (Å²) in [6, 6.07) is 14.0. The maximum absolute atomic E-state index is 12.6. The molecule has 0 radical (unpaired) electrons. The van der Waals surface area contributed by atoms with Crippen molar-refractivity contribution < 1.29 is 23.9 Å². The molecule has 1 N–H and O–H groups in total. The highest BCUT2D eigenvalue weighted by Gasteiger charge is 2.35. The number of hydrogen-bond acceptors (Lipinski definition) is 5. The molecule has 1 fully saturated rings. The van der Waals surface area contributed by atoms with Crippen molar-refractivity contribution in [2.75, 3.05) is 44.6 Å². The largest absolute Gasteiger partial charge is 0.497 e. The van der Waals surface area contributed by atoms with Crippen LogP contribution in [0, 0.1) is 5.92 Å². The van der Waals surface area contributed by atoms with Gasteiger partial charge in [0.15, 0.2) is 6.61 Å². The summed E-state index contributed by atoms with van der Waals surface area (Å²) in [7, 11) is 4.89. The van der Waals surface area contributed by atoms with Gasteiger partial charge in [-0.05, 0) is 36.4 Å². The number of carbonyl (C=O) groups is 3. The predicted molar refractivity (Wildman–Crippen MR) is 113 cm³/mol. The van der Waals surface area contributed by atoms with Gasteiger partial charge in [-0.25, -0.2) is 0 Å². The summed E-state index contributed by atoms with van der Waals surface area (Å²) in [5.74, 6) is 0.283. The number of benzene rings is 2. The molecule has 8 heteroatoms. The molecule has 158 valence electrons. The molecule has 1 saturated heterocycles. The number of nitrogens with one attached hydrogen (secondary N) is 1. The number of rotatable bonds is 7. The summed E-state index contributed by atoms with van der Waals surface area (Å²) in [6.07, 6.45) is 0.150. The van der Waals surface area contributed by atoms with E-state index in [1.54, 1.807) is 62.5 Å². The molecule has 0 bridgehead atoms. The second-order valence-corrected chi connectivity index (χ2v) is 7.20. The number of methoxy groups -OCH3 is 1. The van der Waals surface area contributed by atoms with Gasteiger partial charge in [-0.3, -0.25) is 14.4 Å². The van der Waals surface area contributed by atoms with Gasteiger partial charge in [0.1, 0.15) is 11.5 Å². The van der Waals surface area contributed by atoms with Gasteiger partial charge in [-0.15, -0.1) is 0 Å². The molecule has 0 aromatic heterocycles. The van der Waals surface area contributed by atoms with Gasteiger partial charge >= 0.3 is 0 Å². The molecule has 1 heterocycles. The van der Waals surface area contributed by atoms with Crippen molar-refractivity contribution in [2.45, 2.75) is 6.42 Å². The fourth-order valence-corrected chi connectivity index (χ4v) is 3.06. The third-order valence-electron chi connectivity index (χ3n) is 4.84. The van der Waals surface area contributed by atoms with E-state index in [1.807, 2.05) is 12.1 Å². The van der Waals surface area contributed by atoms with Crippen LogP contribution in [0.1, 0.15) is 6.42 Å². The lowest BCUT2D eigenvalue weighted by molar-refractivity contribution is -0.130. The van der Waals surface area contributed by atoms with E-state index in [-0.39, 0.29) is 30.7 Å². The number of amides is 3. The van der Waals surface area contributed by atoms with Crippen LogP contribution in [-0.2, 0) is 14.4 Å².